The first-order valence-electron chi connectivity index (χ1n) is 10.4. The van der Waals surface area contributed by atoms with E-state index in [1.54, 1.807) is 0 Å². The van der Waals surface area contributed by atoms with E-state index in [2.05, 4.69) is 23.4 Å². The second-order valence-electron chi connectivity index (χ2n) is 7.87. The van der Waals surface area contributed by atoms with Crippen LogP contribution in [-0.4, -0.2) is 97.3 Å². The summed E-state index contributed by atoms with van der Waals surface area (Å²) >= 11 is 0. The second-order valence-corrected chi connectivity index (χ2v) is 10.8. The van der Waals surface area contributed by atoms with E-state index in [-0.39, 0.29) is 59.1 Å². The summed E-state index contributed by atoms with van der Waals surface area (Å²) in [5.41, 5.74) is 6.56. The molecule has 3 heterocycles. The Bertz CT molecular complexity index is 1260. The molecule has 0 aliphatic carbocycles. The SMILES string of the molecule is [N-]=[N+]=NC[C@H]1OC(OP(=O)([O-])OP(=O)([O-])OC[C@H]2O[C@@H](n3ccc(=O)[nH]c3=O)[C@H](O)[C@@H]2O)[C@H](O)[C@@H](O)[C@H]1O.[Na+].[Na+]. The van der Waals surface area contributed by atoms with E-state index in [9.17, 15) is 54.0 Å². The van der Waals surface area contributed by atoms with Crippen molar-refractivity contribution in [2.24, 2.45) is 5.11 Å². The number of H-pyrrole nitrogens is 1. The van der Waals surface area contributed by atoms with Crippen LogP contribution in [0.25, 0.3) is 10.4 Å². The number of aromatic nitrogens is 2. The Morgan fingerprint density at radius 2 is 1.62 bits per heavy atom. The van der Waals surface area contributed by atoms with Crippen molar-refractivity contribution in [1.29, 1.82) is 0 Å². The number of nitrogens with zero attached hydrogens (tertiary/aromatic N) is 4. The van der Waals surface area contributed by atoms with Gasteiger partial charge in [0.25, 0.3) is 21.2 Å². The molecule has 0 spiro atoms. The van der Waals surface area contributed by atoms with Gasteiger partial charge in [-0.15, -0.1) is 0 Å². The van der Waals surface area contributed by atoms with Crippen molar-refractivity contribution < 1.29 is 126 Å². The zero-order chi connectivity index (χ0) is 28.4. The molecule has 2 aliphatic rings. The van der Waals surface area contributed by atoms with Crippen LogP contribution in [0.3, 0.4) is 0 Å². The van der Waals surface area contributed by atoms with Crippen LogP contribution in [0.2, 0.25) is 0 Å². The number of ether oxygens (including phenoxy) is 2. The van der Waals surface area contributed by atoms with Crippen molar-refractivity contribution in [1.82, 2.24) is 9.55 Å². The molecule has 0 amide bonds. The topological polar surface area (TPSA) is 331 Å². The van der Waals surface area contributed by atoms with Crippen molar-refractivity contribution >= 4 is 15.6 Å². The fourth-order valence-corrected chi connectivity index (χ4v) is 5.53. The van der Waals surface area contributed by atoms with Gasteiger partial charge in [-0.3, -0.25) is 28.0 Å². The predicted molar refractivity (Wildman–Crippen MR) is 111 cm³/mol. The fourth-order valence-electron chi connectivity index (χ4n) is 3.45. The Morgan fingerprint density at radius 1 is 1.00 bits per heavy atom. The summed E-state index contributed by atoms with van der Waals surface area (Å²) in [7, 11) is -11.8. The molecular weight excluding hydrogens is 614 g/mol. The molecule has 2 fully saturated rings. The van der Waals surface area contributed by atoms with Crippen LogP contribution in [0.4, 0.5) is 0 Å². The fraction of sp³-hybridized carbons (Fsp3) is 0.733. The van der Waals surface area contributed by atoms with Crippen LogP contribution in [0.1, 0.15) is 6.23 Å². The minimum atomic E-state index is -5.94. The van der Waals surface area contributed by atoms with Gasteiger partial charge >= 0.3 is 64.8 Å². The molecule has 2 saturated heterocycles. The largest absolute Gasteiger partial charge is 1.00 e. The molecule has 0 saturated carbocycles. The molecule has 6 N–H and O–H groups in total. The Morgan fingerprint density at radius 3 is 2.23 bits per heavy atom. The van der Waals surface area contributed by atoms with Crippen LogP contribution in [-0.2, 0) is 32.0 Å². The summed E-state index contributed by atoms with van der Waals surface area (Å²) in [5.74, 6) is 0. The van der Waals surface area contributed by atoms with Crippen molar-refractivity contribution in [2.75, 3.05) is 13.2 Å². The summed E-state index contributed by atoms with van der Waals surface area (Å²) in [6, 6.07) is 0.908. The first-order valence-corrected chi connectivity index (χ1v) is 13.3. The molecule has 25 heteroatoms. The predicted octanol–water partition coefficient (Wildman–Crippen LogP) is -10.7. The van der Waals surface area contributed by atoms with Crippen LogP contribution in [0, 0.1) is 0 Å². The van der Waals surface area contributed by atoms with Crippen molar-refractivity contribution in [3.05, 3.63) is 43.5 Å². The maximum absolute atomic E-state index is 12.1. The molecular formula is C15H21N5Na2O16P2. The maximum Gasteiger partial charge on any atom is 1.00 e. The third-order valence-electron chi connectivity index (χ3n) is 5.29. The molecule has 21 nitrogen and oxygen atoms in total. The summed E-state index contributed by atoms with van der Waals surface area (Å²) in [5, 5.41) is 52.9. The van der Waals surface area contributed by atoms with Gasteiger partial charge in [-0.1, -0.05) is 5.11 Å². The molecule has 3 unspecified atom stereocenters. The Kier molecular flexibility index (Phi) is 14.8. The van der Waals surface area contributed by atoms with Crippen LogP contribution in [0.5, 0.6) is 0 Å². The van der Waals surface area contributed by atoms with Gasteiger partial charge in [0.05, 0.1) is 19.3 Å². The molecule has 0 aromatic carbocycles. The van der Waals surface area contributed by atoms with E-state index < -0.39 is 95.3 Å². The Balaban J connectivity index is 0.00000400. The van der Waals surface area contributed by atoms with Gasteiger partial charge in [-0.05, 0) is 5.53 Å². The number of phosphoric ester groups is 2. The normalized spacial score (nSPS) is 34.8. The quantitative estimate of drug-likeness (QED) is 0.0457. The van der Waals surface area contributed by atoms with Gasteiger partial charge in [-0.2, -0.15) is 0 Å². The molecule has 2 aliphatic heterocycles. The number of nitrogens with one attached hydrogen (secondary N) is 1. The molecule has 40 heavy (non-hydrogen) atoms. The average Bonchev–Trinajstić information content (AvgIpc) is 3.10. The van der Waals surface area contributed by atoms with E-state index in [1.165, 1.54) is 0 Å². The first kappa shape index (κ1) is 38.0. The minimum Gasteiger partial charge on any atom is -0.756 e. The van der Waals surface area contributed by atoms with Gasteiger partial charge < -0.3 is 49.3 Å². The van der Waals surface area contributed by atoms with Crippen molar-refractivity contribution in [2.45, 2.75) is 55.2 Å². The standard InChI is InChI=1S/C15H23N5O16P2.2Na/c16-19-17-3-5-8(22)10(24)12(26)14(34-5)35-38(30,31)36-37(28,29)32-4-6-9(23)11(25)13(33-6)20-2-1-7(21)18-15(20)27;;/h1-2,5-6,8-14,22-26H,3-4H2,(H,28,29)(H,30,31)(H,18,21,27);;/q;2*+1/p-2/t5-,6-,8+,9-,10+,11-,12-,13-,14?;;/m1../s1. The average molecular weight is 635 g/mol. The van der Waals surface area contributed by atoms with E-state index >= 15 is 0 Å². The number of hydrogen-bond donors (Lipinski definition) is 6. The number of rotatable bonds is 10. The number of aliphatic hydroxyl groups is 5. The first-order chi connectivity index (χ1) is 17.7. The minimum absolute atomic E-state index is 0. The van der Waals surface area contributed by atoms with E-state index in [1.807, 2.05) is 4.98 Å². The third-order valence-corrected chi connectivity index (χ3v) is 7.82. The number of azide groups is 1. The smallest absolute Gasteiger partial charge is 0.756 e. The van der Waals surface area contributed by atoms with E-state index in [0.717, 1.165) is 12.3 Å². The Labute approximate surface area is 267 Å². The Hall–Kier alpha value is -0.0300. The second kappa shape index (κ2) is 15.6. The monoisotopic (exact) mass is 635 g/mol. The molecule has 214 valence electrons. The van der Waals surface area contributed by atoms with Crippen molar-refractivity contribution in [3.63, 3.8) is 0 Å². The summed E-state index contributed by atoms with van der Waals surface area (Å²) in [6.07, 6.45) is -15.9. The zero-order valence-electron chi connectivity index (χ0n) is 20.7. The molecule has 1 aromatic rings. The van der Waals surface area contributed by atoms with Gasteiger partial charge in [0.2, 0.25) is 0 Å². The van der Waals surface area contributed by atoms with Crippen LogP contribution >= 0.6 is 15.6 Å². The van der Waals surface area contributed by atoms with Gasteiger partial charge in [0, 0.05) is 17.2 Å². The van der Waals surface area contributed by atoms with Gasteiger partial charge in [0.1, 0.15) is 36.6 Å². The number of phosphoric acid groups is 2. The van der Waals surface area contributed by atoms with Crippen LogP contribution in [0.15, 0.2) is 27.0 Å². The van der Waals surface area contributed by atoms with Crippen LogP contribution < -0.4 is 80.2 Å². The number of hydrogen-bond acceptors (Lipinski definition) is 17. The van der Waals surface area contributed by atoms with E-state index in [4.69, 9.17) is 15.0 Å². The summed E-state index contributed by atoms with van der Waals surface area (Å²) < 4.78 is 47.5. The molecule has 3 rings (SSSR count). The summed E-state index contributed by atoms with van der Waals surface area (Å²) in [4.78, 5) is 51.5. The maximum atomic E-state index is 12.1. The van der Waals surface area contributed by atoms with E-state index in [0.29, 0.717) is 4.57 Å². The summed E-state index contributed by atoms with van der Waals surface area (Å²) in [6.45, 7) is -1.76. The third kappa shape index (κ3) is 9.48. The van der Waals surface area contributed by atoms with Gasteiger partial charge in [-0.25, -0.2) is 9.11 Å². The number of aliphatic hydroxyl groups excluding tert-OH is 5. The number of aromatic amines is 1. The molecule has 0 radical (unpaired) electrons. The molecule has 1 aromatic heterocycles. The zero-order valence-corrected chi connectivity index (χ0v) is 26.5. The molecule has 0 bridgehead atoms. The van der Waals surface area contributed by atoms with Crippen molar-refractivity contribution in [3.8, 4) is 0 Å². The molecule has 11 atom stereocenters. The van der Waals surface area contributed by atoms with Gasteiger partial charge in [0.15, 0.2) is 12.5 Å².